The number of nitrogens with zero attached hydrogens (tertiary/aromatic N) is 3. The molecular formula is C16H14Cl2N4O. The lowest BCUT2D eigenvalue weighted by molar-refractivity contribution is 0.465. The first kappa shape index (κ1) is 15.6. The summed E-state index contributed by atoms with van der Waals surface area (Å²) in [6, 6.07) is 8.89. The lowest BCUT2D eigenvalue weighted by atomic mass is 10.3. The van der Waals surface area contributed by atoms with Crippen molar-refractivity contribution in [1.82, 2.24) is 14.9 Å². The third kappa shape index (κ3) is 3.57. The number of aliphatic imine (C=N–C) groups is 1. The van der Waals surface area contributed by atoms with Gasteiger partial charge in [0.15, 0.2) is 5.75 Å². The zero-order valence-electron chi connectivity index (χ0n) is 12.5. The van der Waals surface area contributed by atoms with Crippen molar-refractivity contribution in [2.75, 3.05) is 14.1 Å². The van der Waals surface area contributed by atoms with Crippen molar-refractivity contribution in [3.8, 4) is 11.6 Å². The Bertz CT molecular complexity index is 850. The molecule has 5 nitrogen and oxygen atoms in total. The van der Waals surface area contributed by atoms with E-state index in [9.17, 15) is 0 Å². The fourth-order valence-corrected chi connectivity index (χ4v) is 2.53. The Morgan fingerprint density at radius 1 is 1.17 bits per heavy atom. The first-order chi connectivity index (χ1) is 11.0. The molecule has 1 N–H and O–H groups in total. The Morgan fingerprint density at radius 3 is 2.61 bits per heavy atom. The van der Waals surface area contributed by atoms with Gasteiger partial charge in [0.2, 0.25) is 5.88 Å². The van der Waals surface area contributed by atoms with E-state index in [2.05, 4.69) is 15.0 Å². The van der Waals surface area contributed by atoms with Crippen LogP contribution in [0.1, 0.15) is 0 Å². The summed E-state index contributed by atoms with van der Waals surface area (Å²) < 4.78 is 5.75. The maximum Gasteiger partial charge on any atom is 0.220 e. The average Bonchev–Trinajstić information content (AvgIpc) is 2.96. The predicted molar refractivity (Wildman–Crippen MR) is 94.5 cm³/mol. The van der Waals surface area contributed by atoms with Crippen molar-refractivity contribution in [2.45, 2.75) is 0 Å². The molecule has 0 aliphatic rings. The number of pyridine rings is 1. The summed E-state index contributed by atoms with van der Waals surface area (Å²) in [5.74, 6) is 0.782. The van der Waals surface area contributed by atoms with Crippen LogP contribution in [0.5, 0.6) is 11.6 Å². The van der Waals surface area contributed by atoms with Crippen LogP contribution >= 0.6 is 23.2 Å². The van der Waals surface area contributed by atoms with E-state index in [0.29, 0.717) is 27.4 Å². The van der Waals surface area contributed by atoms with Crippen LogP contribution in [0.25, 0.3) is 11.0 Å². The predicted octanol–water partition coefficient (Wildman–Crippen LogP) is 4.88. The molecule has 0 amide bonds. The lowest BCUT2D eigenvalue weighted by Gasteiger charge is -2.10. The molecule has 0 unspecified atom stereocenters. The molecule has 0 atom stereocenters. The number of aromatic amines is 1. The normalized spacial score (nSPS) is 11.3. The van der Waals surface area contributed by atoms with Crippen molar-refractivity contribution in [2.24, 2.45) is 4.99 Å². The fourth-order valence-electron chi connectivity index (χ4n) is 1.98. The fraction of sp³-hybridized carbons (Fsp3) is 0.125. The number of fused-ring (bicyclic) bond motifs is 1. The van der Waals surface area contributed by atoms with Crippen molar-refractivity contribution in [3.05, 3.63) is 46.6 Å². The van der Waals surface area contributed by atoms with E-state index in [1.165, 1.54) is 0 Å². The highest BCUT2D eigenvalue weighted by Crippen LogP contribution is 2.39. The summed E-state index contributed by atoms with van der Waals surface area (Å²) in [7, 11) is 3.76. The van der Waals surface area contributed by atoms with Gasteiger partial charge in [-0.05, 0) is 24.3 Å². The largest absolute Gasteiger partial charge is 0.436 e. The first-order valence-electron chi connectivity index (χ1n) is 6.84. The van der Waals surface area contributed by atoms with Gasteiger partial charge in [-0.2, -0.15) is 0 Å². The van der Waals surface area contributed by atoms with Gasteiger partial charge in [-0.15, -0.1) is 0 Å². The van der Waals surface area contributed by atoms with E-state index in [-0.39, 0.29) is 0 Å². The average molecular weight is 349 g/mol. The van der Waals surface area contributed by atoms with Crippen LogP contribution in [-0.2, 0) is 0 Å². The number of benzene rings is 1. The van der Waals surface area contributed by atoms with E-state index >= 15 is 0 Å². The quantitative estimate of drug-likeness (QED) is 0.539. The highest BCUT2D eigenvalue weighted by Gasteiger charge is 2.12. The third-order valence-electron chi connectivity index (χ3n) is 3.01. The van der Waals surface area contributed by atoms with Gasteiger partial charge < -0.3 is 14.6 Å². The Balaban J connectivity index is 1.90. The van der Waals surface area contributed by atoms with Crippen LogP contribution in [-0.4, -0.2) is 35.3 Å². The van der Waals surface area contributed by atoms with E-state index in [0.717, 1.165) is 11.0 Å². The molecule has 23 heavy (non-hydrogen) atoms. The van der Waals surface area contributed by atoms with E-state index in [1.807, 2.05) is 37.3 Å². The maximum atomic E-state index is 6.27. The number of aromatic nitrogens is 2. The van der Waals surface area contributed by atoms with Crippen LogP contribution < -0.4 is 4.74 Å². The Hall–Kier alpha value is -2.24. The molecule has 0 saturated carbocycles. The van der Waals surface area contributed by atoms with Crippen molar-refractivity contribution in [3.63, 3.8) is 0 Å². The molecule has 1 aromatic carbocycles. The SMILES string of the molecule is CN(C)/C=N/c1cc(Cl)c(Oc2ccc3[nH]ccc3n2)c(Cl)c1. The van der Waals surface area contributed by atoms with Gasteiger partial charge in [0.25, 0.3) is 0 Å². The minimum atomic E-state index is 0.361. The summed E-state index contributed by atoms with van der Waals surface area (Å²) in [6.07, 6.45) is 3.49. The van der Waals surface area contributed by atoms with Crippen LogP contribution in [0.3, 0.4) is 0 Å². The van der Waals surface area contributed by atoms with Crippen LogP contribution in [0, 0.1) is 0 Å². The van der Waals surface area contributed by atoms with Crippen molar-refractivity contribution < 1.29 is 4.74 Å². The molecule has 0 aliphatic carbocycles. The molecule has 3 rings (SSSR count). The summed E-state index contributed by atoms with van der Waals surface area (Å²) in [4.78, 5) is 13.5. The second kappa shape index (κ2) is 6.48. The summed E-state index contributed by atoms with van der Waals surface area (Å²) in [5, 5.41) is 0.749. The maximum absolute atomic E-state index is 6.27. The molecule has 7 heteroatoms. The molecule has 0 aliphatic heterocycles. The van der Waals surface area contributed by atoms with Gasteiger partial charge in [-0.1, -0.05) is 23.2 Å². The summed E-state index contributed by atoms with van der Waals surface area (Å²) >= 11 is 12.5. The van der Waals surface area contributed by atoms with Crippen LogP contribution in [0.4, 0.5) is 5.69 Å². The molecule has 2 aromatic heterocycles. The number of ether oxygens (including phenoxy) is 1. The summed E-state index contributed by atoms with van der Waals surface area (Å²) in [5.41, 5.74) is 2.39. The van der Waals surface area contributed by atoms with Gasteiger partial charge in [-0.3, -0.25) is 0 Å². The Labute approximate surface area is 143 Å². The highest BCUT2D eigenvalue weighted by molar-refractivity contribution is 6.37. The Kier molecular flexibility index (Phi) is 4.41. The third-order valence-corrected chi connectivity index (χ3v) is 3.57. The minimum absolute atomic E-state index is 0.361. The number of H-pyrrole nitrogens is 1. The standard InChI is InChI=1S/C16H14Cl2N4O/c1-22(2)9-20-10-7-11(17)16(12(18)8-10)23-15-4-3-13-14(21-15)5-6-19-13/h3-9,19H,1-2H3/b20-9+. The second-order valence-corrected chi connectivity index (χ2v) is 5.92. The first-order valence-corrected chi connectivity index (χ1v) is 7.60. The number of hydrogen-bond acceptors (Lipinski definition) is 3. The van der Waals surface area contributed by atoms with Gasteiger partial charge in [0.1, 0.15) is 0 Å². The highest BCUT2D eigenvalue weighted by atomic mass is 35.5. The number of halogens is 2. The monoisotopic (exact) mass is 348 g/mol. The van der Waals surface area contributed by atoms with E-state index in [1.54, 1.807) is 24.5 Å². The number of rotatable bonds is 4. The lowest BCUT2D eigenvalue weighted by Crippen LogP contribution is -2.06. The molecule has 2 heterocycles. The van der Waals surface area contributed by atoms with Gasteiger partial charge in [0, 0.05) is 26.4 Å². The van der Waals surface area contributed by atoms with Gasteiger partial charge in [-0.25, -0.2) is 9.98 Å². The Morgan fingerprint density at radius 2 is 1.91 bits per heavy atom. The topological polar surface area (TPSA) is 53.5 Å². The van der Waals surface area contributed by atoms with Crippen molar-refractivity contribution in [1.29, 1.82) is 0 Å². The number of nitrogens with one attached hydrogen (secondary N) is 1. The zero-order valence-corrected chi connectivity index (χ0v) is 14.1. The number of hydrogen-bond donors (Lipinski definition) is 1. The summed E-state index contributed by atoms with van der Waals surface area (Å²) in [6.45, 7) is 0. The van der Waals surface area contributed by atoms with Crippen LogP contribution in [0.15, 0.2) is 41.5 Å². The molecule has 0 fully saturated rings. The zero-order chi connectivity index (χ0) is 16.4. The van der Waals surface area contributed by atoms with Gasteiger partial charge >= 0.3 is 0 Å². The molecule has 0 spiro atoms. The molecule has 0 saturated heterocycles. The molecule has 0 radical (unpaired) electrons. The van der Waals surface area contributed by atoms with E-state index < -0.39 is 0 Å². The van der Waals surface area contributed by atoms with E-state index in [4.69, 9.17) is 27.9 Å². The van der Waals surface area contributed by atoms with Gasteiger partial charge in [0.05, 0.1) is 33.1 Å². The van der Waals surface area contributed by atoms with Crippen molar-refractivity contribution >= 4 is 46.3 Å². The van der Waals surface area contributed by atoms with Crippen LogP contribution in [0.2, 0.25) is 10.0 Å². The molecular weight excluding hydrogens is 335 g/mol. The second-order valence-electron chi connectivity index (χ2n) is 5.11. The smallest absolute Gasteiger partial charge is 0.220 e. The molecule has 3 aromatic rings. The molecule has 118 valence electrons. The minimum Gasteiger partial charge on any atom is -0.436 e. The molecule has 0 bridgehead atoms.